The molecule has 1 unspecified atom stereocenters. The van der Waals surface area contributed by atoms with Crippen molar-refractivity contribution >= 4 is 23.0 Å². The number of hydrazone groups is 1. The molecule has 1 aliphatic rings. The summed E-state index contributed by atoms with van der Waals surface area (Å²) in [5, 5.41) is 4.25. The number of fused-ring (bicyclic) bond motifs is 1. The average Bonchev–Trinajstić information content (AvgIpc) is 3.03. The largest absolute Gasteiger partial charge is 0.497 e. The number of methoxy groups -OCH3 is 1. The average molecular weight is 356 g/mol. The fourth-order valence-corrected chi connectivity index (χ4v) is 4.20. The summed E-state index contributed by atoms with van der Waals surface area (Å²) < 4.78 is 5.16. The van der Waals surface area contributed by atoms with E-state index in [1.165, 1.54) is 16.9 Å². The zero-order valence-electron chi connectivity index (χ0n) is 15.0. The molecule has 0 aliphatic heterocycles. The molecule has 132 valence electrons. The lowest BCUT2D eigenvalue weighted by atomic mass is 9.90. The van der Waals surface area contributed by atoms with Gasteiger partial charge in [-0.2, -0.15) is 5.10 Å². The van der Waals surface area contributed by atoms with Crippen LogP contribution in [0.2, 0.25) is 0 Å². The van der Waals surface area contributed by atoms with Crippen molar-refractivity contribution < 1.29 is 9.53 Å². The number of thiophene rings is 1. The van der Waals surface area contributed by atoms with Gasteiger partial charge in [0, 0.05) is 17.0 Å². The lowest BCUT2D eigenvalue weighted by molar-refractivity contribution is 0.0958. The van der Waals surface area contributed by atoms with Crippen LogP contribution in [0.25, 0.3) is 0 Å². The zero-order chi connectivity index (χ0) is 17.8. The van der Waals surface area contributed by atoms with Gasteiger partial charge in [0.1, 0.15) is 5.75 Å². The molecule has 0 fully saturated rings. The van der Waals surface area contributed by atoms with Crippen LogP contribution >= 0.6 is 11.3 Å². The Morgan fingerprint density at radius 1 is 1.36 bits per heavy atom. The minimum atomic E-state index is -0.110. The van der Waals surface area contributed by atoms with Crippen LogP contribution in [0.5, 0.6) is 5.75 Å². The molecule has 5 heteroatoms. The van der Waals surface area contributed by atoms with E-state index in [0.29, 0.717) is 12.3 Å². The second-order valence-electron chi connectivity index (χ2n) is 6.72. The zero-order valence-corrected chi connectivity index (χ0v) is 15.8. The number of nitrogens with one attached hydrogen (secondary N) is 1. The van der Waals surface area contributed by atoms with E-state index in [-0.39, 0.29) is 5.91 Å². The van der Waals surface area contributed by atoms with Crippen LogP contribution in [0, 0.1) is 5.92 Å². The third kappa shape index (κ3) is 4.48. The number of hydrogen-bond acceptors (Lipinski definition) is 4. The quantitative estimate of drug-likeness (QED) is 0.644. The Kier molecular flexibility index (Phi) is 5.53. The Hall–Kier alpha value is -2.14. The van der Waals surface area contributed by atoms with Gasteiger partial charge in [0.2, 0.25) is 0 Å². The maximum Gasteiger partial charge on any atom is 0.281 e. The summed E-state index contributed by atoms with van der Waals surface area (Å²) >= 11 is 1.61. The maximum absolute atomic E-state index is 12.4. The smallest absolute Gasteiger partial charge is 0.281 e. The highest BCUT2D eigenvalue weighted by Gasteiger charge is 2.20. The third-order valence-corrected chi connectivity index (χ3v) is 5.76. The summed E-state index contributed by atoms with van der Waals surface area (Å²) in [5.74, 6) is 1.44. The van der Waals surface area contributed by atoms with Crippen LogP contribution in [-0.2, 0) is 19.3 Å². The molecule has 0 saturated heterocycles. The SMILES string of the molecule is COc1ccc(CC(C)=NNC(=O)c2cc3c(s2)CCC(C)C3)cc1. The standard InChI is InChI=1S/C20H24N2O2S/c1-13-4-9-18-16(10-13)12-19(25-18)20(23)22-21-14(2)11-15-5-7-17(24-3)8-6-15/h5-8,12-13H,4,9-11H2,1-3H3,(H,22,23). The predicted octanol–water partition coefficient (Wildman–Crippen LogP) is 4.23. The van der Waals surface area contributed by atoms with E-state index < -0.39 is 0 Å². The molecule has 1 aromatic carbocycles. The van der Waals surface area contributed by atoms with Crippen molar-refractivity contribution in [1.29, 1.82) is 0 Å². The summed E-state index contributed by atoms with van der Waals surface area (Å²) in [6, 6.07) is 9.92. The third-order valence-electron chi connectivity index (χ3n) is 4.52. The van der Waals surface area contributed by atoms with Gasteiger partial charge in [-0.15, -0.1) is 11.3 Å². The molecule has 1 aromatic heterocycles. The lowest BCUT2D eigenvalue weighted by Crippen LogP contribution is -2.18. The summed E-state index contributed by atoms with van der Waals surface area (Å²) in [4.78, 5) is 14.5. The number of aryl methyl sites for hydroxylation is 1. The molecule has 0 bridgehead atoms. The first kappa shape index (κ1) is 17.7. The fraction of sp³-hybridized carbons (Fsp3) is 0.400. The topological polar surface area (TPSA) is 50.7 Å². The van der Waals surface area contributed by atoms with Crippen molar-refractivity contribution in [1.82, 2.24) is 5.43 Å². The highest BCUT2D eigenvalue weighted by Crippen LogP contribution is 2.32. The molecule has 25 heavy (non-hydrogen) atoms. The Morgan fingerprint density at radius 2 is 2.12 bits per heavy atom. The van der Waals surface area contributed by atoms with Crippen LogP contribution in [-0.4, -0.2) is 18.7 Å². The van der Waals surface area contributed by atoms with Gasteiger partial charge >= 0.3 is 0 Å². The van der Waals surface area contributed by atoms with E-state index in [2.05, 4.69) is 17.5 Å². The summed E-state index contributed by atoms with van der Waals surface area (Å²) in [7, 11) is 1.65. The predicted molar refractivity (Wildman–Crippen MR) is 103 cm³/mol. The Bertz CT molecular complexity index is 777. The van der Waals surface area contributed by atoms with Gasteiger partial charge in [0.25, 0.3) is 5.91 Å². The molecule has 3 rings (SSSR count). The van der Waals surface area contributed by atoms with Crippen LogP contribution < -0.4 is 10.2 Å². The van der Waals surface area contributed by atoms with Crippen molar-refractivity contribution in [2.45, 2.75) is 39.5 Å². The normalized spacial score (nSPS) is 17.1. The van der Waals surface area contributed by atoms with E-state index in [9.17, 15) is 4.79 Å². The highest BCUT2D eigenvalue weighted by molar-refractivity contribution is 7.14. The minimum Gasteiger partial charge on any atom is -0.497 e. The van der Waals surface area contributed by atoms with Gasteiger partial charge in [-0.05, 0) is 61.4 Å². The number of carbonyl (C=O) groups excluding carboxylic acids is 1. The number of ether oxygens (including phenoxy) is 1. The van der Waals surface area contributed by atoms with Crippen molar-refractivity contribution in [3.05, 3.63) is 51.2 Å². The number of hydrogen-bond donors (Lipinski definition) is 1. The highest BCUT2D eigenvalue weighted by atomic mass is 32.1. The van der Waals surface area contributed by atoms with Crippen LogP contribution in [0.15, 0.2) is 35.4 Å². The number of amides is 1. The molecule has 4 nitrogen and oxygen atoms in total. The molecule has 0 radical (unpaired) electrons. The monoisotopic (exact) mass is 356 g/mol. The van der Waals surface area contributed by atoms with E-state index in [1.54, 1.807) is 18.4 Å². The number of benzene rings is 1. The van der Waals surface area contributed by atoms with Gasteiger partial charge < -0.3 is 4.74 Å². The fourth-order valence-electron chi connectivity index (χ4n) is 3.10. The first-order valence-corrected chi connectivity index (χ1v) is 9.45. The minimum absolute atomic E-state index is 0.110. The summed E-state index contributed by atoms with van der Waals surface area (Å²) in [5.41, 5.74) is 6.04. The molecular weight excluding hydrogens is 332 g/mol. The summed E-state index contributed by atoms with van der Waals surface area (Å²) in [6.45, 7) is 4.19. The molecular formula is C20H24N2O2S. The Morgan fingerprint density at radius 3 is 2.84 bits per heavy atom. The van der Waals surface area contributed by atoms with E-state index in [0.717, 1.165) is 34.7 Å². The number of carbonyl (C=O) groups is 1. The van der Waals surface area contributed by atoms with Gasteiger partial charge in [-0.1, -0.05) is 19.1 Å². The van der Waals surface area contributed by atoms with E-state index in [4.69, 9.17) is 4.74 Å². The molecule has 1 heterocycles. The maximum atomic E-state index is 12.4. The van der Waals surface area contributed by atoms with Gasteiger partial charge in [0.05, 0.1) is 12.0 Å². The van der Waals surface area contributed by atoms with E-state index >= 15 is 0 Å². The molecule has 0 spiro atoms. The summed E-state index contributed by atoms with van der Waals surface area (Å²) in [6.07, 6.45) is 4.09. The molecule has 1 amide bonds. The van der Waals surface area contributed by atoms with Crippen LogP contribution in [0.1, 0.15) is 45.9 Å². The molecule has 1 N–H and O–H groups in total. The Balaban J connectivity index is 1.59. The van der Waals surface area contributed by atoms with Gasteiger partial charge in [-0.3, -0.25) is 4.79 Å². The van der Waals surface area contributed by atoms with Crippen LogP contribution in [0.4, 0.5) is 0 Å². The van der Waals surface area contributed by atoms with Crippen molar-refractivity contribution in [3.63, 3.8) is 0 Å². The van der Waals surface area contributed by atoms with Crippen molar-refractivity contribution in [2.24, 2.45) is 11.0 Å². The number of rotatable bonds is 5. The molecule has 2 aromatic rings. The molecule has 0 saturated carbocycles. The second-order valence-corrected chi connectivity index (χ2v) is 7.86. The van der Waals surface area contributed by atoms with Crippen molar-refractivity contribution in [2.75, 3.05) is 7.11 Å². The van der Waals surface area contributed by atoms with Gasteiger partial charge in [0.15, 0.2) is 0 Å². The first-order valence-electron chi connectivity index (χ1n) is 8.63. The lowest BCUT2D eigenvalue weighted by Gasteiger charge is -2.16. The number of nitrogens with zero attached hydrogens (tertiary/aromatic N) is 1. The van der Waals surface area contributed by atoms with E-state index in [1.807, 2.05) is 37.3 Å². The van der Waals surface area contributed by atoms with Crippen molar-refractivity contribution in [3.8, 4) is 5.75 Å². The van der Waals surface area contributed by atoms with Crippen LogP contribution in [0.3, 0.4) is 0 Å². The Labute approximate surface area is 152 Å². The molecule has 1 aliphatic carbocycles. The molecule has 1 atom stereocenters. The second kappa shape index (κ2) is 7.83. The first-order chi connectivity index (χ1) is 12.0. The van der Waals surface area contributed by atoms with Gasteiger partial charge in [-0.25, -0.2) is 5.43 Å².